The highest BCUT2D eigenvalue weighted by atomic mass is 16.2. The molecule has 0 spiro atoms. The summed E-state index contributed by atoms with van der Waals surface area (Å²) in [6.07, 6.45) is 4.47. The van der Waals surface area contributed by atoms with Crippen molar-refractivity contribution in [2.75, 3.05) is 38.0 Å². The Kier molecular flexibility index (Phi) is 7.49. The first-order chi connectivity index (χ1) is 15.7. The lowest BCUT2D eigenvalue weighted by Gasteiger charge is -2.32. The molecule has 3 aromatic carbocycles. The van der Waals surface area contributed by atoms with Gasteiger partial charge in [0.05, 0.1) is 6.54 Å². The first kappa shape index (κ1) is 22.0. The number of rotatable bonds is 7. The summed E-state index contributed by atoms with van der Waals surface area (Å²) in [6, 6.07) is 28.6. The molecule has 1 atom stereocenters. The summed E-state index contributed by atoms with van der Waals surface area (Å²) in [7, 11) is 0. The van der Waals surface area contributed by atoms with Crippen molar-refractivity contribution in [3.63, 3.8) is 0 Å². The van der Waals surface area contributed by atoms with Gasteiger partial charge in [-0.25, -0.2) is 0 Å². The molecule has 4 heteroatoms. The molecule has 1 saturated heterocycles. The number of hydrogen-bond donors (Lipinski definition) is 3. The Labute approximate surface area is 191 Å². The molecule has 0 bridgehead atoms. The molecule has 3 aromatic rings. The molecule has 1 amide bonds. The van der Waals surface area contributed by atoms with Crippen LogP contribution in [0.1, 0.15) is 12.5 Å². The van der Waals surface area contributed by atoms with Crippen LogP contribution in [0.15, 0.2) is 91.0 Å². The number of piperazine rings is 1. The van der Waals surface area contributed by atoms with Crippen molar-refractivity contribution in [3.8, 4) is 11.1 Å². The Morgan fingerprint density at radius 3 is 2.22 bits per heavy atom. The van der Waals surface area contributed by atoms with Gasteiger partial charge in [-0.15, -0.1) is 0 Å². The highest BCUT2D eigenvalue weighted by Gasteiger charge is 2.30. The van der Waals surface area contributed by atoms with Crippen molar-refractivity contribution < 1.29 is 14.6 Å². The van der Waals surface area contributed by atoms with Crippen LogP contribution in [-0.2, 0) is 4.79 Å². The van der Waals surface area contributed by atoms with E-state index < -0.39 is 0 Å². The van der Waals surface area contributed by atoms with Crippen LogP contribution in [0.3, 0.4) is 0 Å². The van der Waals surface area contributed by atoms with Crippen LogP contribution in [0, 0.1) is 0 Å². The average Bonchev–Trinajstić information content (AvgIpc) is 2.85. The first-order valence-corrected chi connectivity index (χ1v) is 11.6. The molecule has 32 heavy (non-hydrogen) atoms. The minimum absolute atomic E-state index is 0.0692. The van der Waals surface area contributed by atoms with Crippen LogP contribution in [0.5, 0.6) is 0 Å². The molecule has 1 aliphatic rings. The van der Waals surface area contributed by atoms with Crippen molar-refractivity contribution in [3.05, 3.63) is 96.6 Å². The minimum Gasteiger partial charge on any atom is -0.322 e. The van der Waals surface area contributed by atoms with Gasteiger partial charge in [-0.3, -0.25) is 4.79 Å². The van der Waals surface area contributed by atoms with Crippen LogP contribution < -0.4 is 15.1 Å². The largest absolute Gasteiger partial charge is 0.322 e. The molecular weight excluding hydrogens is 394 g/mol. The zero-order chi connectivity index (χ0) is 22.2. The predicted molar refractivity (Wildman–Crippen MR) is 132 cm³/mol. The number of nitrogens with one attached hydrogen (secondary N) is 3. The lowest BCUT2D eigenvalue weighted by atomic mass is 10.0. The molecule has 1 fully saturated rings. The van der Waals surface area contributed by atoms with Crippen LogP contribution in [-0.4, -0.2) is 44.7 Å². The molecule has 4 rings (SSSR count). The van der Waals surface area contributed by atoms with Gasteiger partial charge in [-0.1, -0.05) is 84.9 Å². The summed E-state index contributed by atoms with van der Waals surface area (Å²) in [5, 5.41) is 3.19. The fourth-order valence-corrected chi connectivity index (χ4v) is 4.38. The number of amides is 1. The van der Waals surface area contributed by atoms with Gasteiger partial charge >= 0.3 is 0 Å². The van der Waals surface area contributed by atoms with E-state index >= 15 is 0 Å². The van der Waals surface area contributed by atoms with Gasteiger partial charge in [-0.05, 0) is 30.2 Å². The van der Waals surface area contributed by atoms with E-state index in [2.05, 4.69) is 66.9 Å². The van der Waals surface area contributed by atoms with Gasteiger partial charge in [0.1, 0.15) is 26.2 Å². The third-order valence-corrected chi connectivity index (χ3v) is 6.39. The third kappa shape index (κ3) is 5.72. The van der Waals surface area contributed by atoms with E-state index in [0.29, 0.717) is 0 Å². The summed E-state index contributed by atoms with van der Waals surface area (Å²) in [5.41, 5.74) is 4.30. The first-order valence-electron chi connectivity index (χ1n) is 11.6. The fourth-order valence-electron chi connectivity index (χ4n) is 4.38. The Hall–Kier alpha value is -3.21. The van der Waals surface area contributed by atoms with Crippen molar-refractivity contribution in [2.24, 2.45) is 0 Å². The molecule has 4 nitrogen and oxygen atoms in total. The maximum absolute atomic E-state index is 13.1. The molecule has 0 radical (unpaired) electrons. The third-order valence-electron chi connectivity index (χ3n) is 6.39. The summed E-state index contributed by atoms with van der Waals surface area (Å²) in [4.78, 5) is 16.0. The van der Waals surface area contributed by atoms with Gasteiger partial charge in [-0.2, -0.15) is 0 Å². The zero-order valence-electron chi connectivity index (χ0n) is 18.8. The summed E-state index contributed by atoms with van der Waals surface area (Å²) < 4.78 is 0. The van der Waals surface area contributed by atoms with Gasteiger partial charge in [0.15, 0.2) is 6.04 Å². The van der Waals surface area contributed by atoms with E-state index in [0.717, 1.165) is 49.5 Å². The standard InChI is InChI=1S/C28H31N3O/c1-23(28(32)29-27-17-9-8-16-26(27)25-14-6-3-7-15-25)31-21-19-30(20-22-31)18-10-13-24-11-4-2-5-12-24/h2-17,23H,18-22H2,1H3,(H,29,32)/p+2/b13-10+/t23-/m0/s1. The molecule has 0 unspecified atom stereocenters. The van der Waals surface area contributed by atoms with E-state index in [4.69, 9.17) is 0 Å². The minimum atomic E-state index is -0.0692. The number of hydrogen-bond acceptors (Lipinski definition) is 1. The van der Waals surface area contributed by atoms with E-state index in [1.807, 2.05) is 42.5 Å². The SMILES string of the molecule is C[C@@H](C(=O)Nc1ccccc1-c1ccccc1)[NH+]1CC[NH+](C/C=C/c2ccccc2)CC1. The normalized spacial score (nSPS) is 19.5. The van der Waals surface area contributed by atoms with Gasteiger partial charge in [0.2, 0.25) is 0 Å². The van der Waals surface area contributed by atoms with Crippen molar-refractivity contribution in [1.82, 2.24) is 0 Å². The topological polar surface area (TPSA) is 38.0 Å². The van der Waals surface area contributed by atoms with E-state index in [-0.39, 0.29) is 11.9 Å². The number of para-hydroxylation sites is 1. The Morgan fingerprint density at radius 1 is 0.875 bits per heavy atom. The number of carbonyl (C=O) groups excluding carboxylic acids is 1. The predicted octanol–water partition coefficient (Wildman–Crippen LogP) is 2.18. The van der Waals surface area contributed by atoms with Crippen molar-refractivity contribution in [2.45, 2.75) is 13.0 Å². The van der Waals surface area contributed by atoms with Gasteiger partial charge in [0.25, 0.3) is 5.91 Å². The Bertz CT molecular complexity index is 1020. The second kappa shape index (κ2) is 10.9. The quantitative estimate of drug-likeness (QED) is 0.531. The molecule has 0 saturated carbocycles. The van der Waals surface area contributed by atoms with Crippen LogP contribution in [0.25, 0.3) is 17.2 Å². The summed E-state index contributed by atoms with van der Waals surface area (Å²) in [5.74, 6) is 0.0933. The molecule has 0 aliphatic carbocycles. The Balaban J connectivity index is 1.30. The smallest absolute Gasteiger partial charge is 0.282 e. The number of benzene rings is 3. The number of carbonyl (C=O) groups is 1. The van der Waals surface area contributed by atoms with Crippen molar-refractivity contribution in [1.29, 1.82) is 0 Å². The van der Waals surface area contributed by atoms with Gasteiger partial charge < -0.3 is 15.1 Å². The second-order valence-corrected chi connectivity index (χ2v) is 8.55. The number of quaternary nitrogens is 2. The second-order valence-electron chi connectivity index (χ2n) is 8.55. The van der Waals surface area contributed by atoms with Crippen LogP contribution >= 0.6 is 0 Å². The van der Waals surface area contributed by atoms with E-state index in [1.54, 1.807) is 4.90 Å². The maximum Gasteiger partial charge on any atom is 0.282 e. The Morgan fingerprint density at radius 2 is 1.50 bits per heavy atom. The summed E-state index contributed by atoms with van der Waals surface area (Å²) >= 11 is 0. The zero-order valence-corrected chi connectivity index (χ0v) is 18.8. The molecule has 3 N–H and O–H groups in total. The molecule has 0 aromatic heterocycles. The maximum atomic E-state index is 13.1. The lowest BCUT2D eigenvalue weighted by Crippen LogP contribution is -3.29. The highest BCUT2D eigenvalue weighted by molar-refractivity contribution is 5.97. The van der Waals surface area contributed by atoms with E-state index in [1.165, 1.54) is 10.5 Å². The molecule has 1 aliphatic heterocycles. The summed E-state index contributed by atoms with van der Waals surface area (Å²) in [6.45, 7) is 7.30. The number of anilines is 1. The van der Waals surface area contributed by atoms with Crippen LogP contribution in [0.2, 0.25) is 0 Å². The van der Waals surface area contributed by atoms with Crippen LogP contribution in [0.4, 0.5) is 5.69 Å². The average molecular weight is 428 g/mol. The highest BCUT2D eigenvalue weighted by Crippen LogP contribution is 2.27. The monoisotopic (exact) mass is 427 g/mol. The van der Waals surface area contributed by atoms with Crippen molar-refractivity contribution >= 4 is 17.7 Å². The van der Waals surface area contributed by atoms with Gasteiger partial charge in [0, 0.05) is 11.3 Å². The lowest BCUT2D eigenvalue weighted by molar-refractivity contribution is -1.02. The van der Waals surface area contributed by atoms with E-state index in [9.17, 15) is 4.79 Å². The molecule has 1 heterocycles. The molecule has 164 valence electrons. The molecular formula is C28H33N3O+2. The fraction of sp³-hybridized carbons (Fsp3) is 0.250.